The summed E-state index contributed by atoms with van der Waals surface area (Å²) in [6, 6.07) is 9.62. The second-order valence-corrected chi connectivity index (χ2v) is 9.94. The van der Waals surface area contributed by atoms with Gasteiger partial charge in [-0.15, -0.1) is 11.3 Å². The van der Waals surface area contributed by atoms with Crippen LogP contribution in [0.1, 0.15) is 28.1 Å². The molecule has 6 nitrogen and oxygen atoms in total. The van der Waals surface area contributed by atoms with Crippen LogP contribution in [0.25, 0.3) is 0 Å². The number of thiophene rings is 1. The number of nitrogens with one attached hydrogen (secondary N) is 1. The number of hydrogen-bond donors (Lipinski definition) is 1. The molecule has 3 rings (SSSR count). The van der Waals surface area contributed by atoms with Gasteiger partial charge >= 0.3 is 0 Å². The molecule has 0 bridgehead atoms. The van der Waals surface area contributed by atoms with Gasteiger partial charge in [-0.3, -0.25) is 4.79 Å². The Labute approximate surface area is 168 Å². The first-order chi connectivity index (χ1) is 12.8. The number of benzene rings is 1. The summed E-state index contributed by atoms with van der Waals surface area (Å²) in [6.07, 6.45) is 1.74. The third kappa shape index (κ3) is 5.30. The zero-order chi connectivity index (χ0) is 19.4. The Bertz CT molecular complexity index is 890. The van der Waals surface area contributed by atoms with Crippen LogP contribution < -0.4 is 4.72 Å². The molecule has 146 valence electrons. The molecule has 1 saturated heterocycles. The van der Waals surface area contributed by atoms with Gasteiger partial charge in [-0.25, -0.2) is 13.1 Å². The van der Waals surface area contributed by atoms with Crippen molar-refractivity contribution >= 4 is 38.9 Å². The van der Waals surface area contributed by atoms with Crippen LogP contribution in [0.4, 0.5) is 0 Å². The standard InChI is InChI=1S/C18H21ClN2O4S2/c1-21(12-15-6-9-17(19)26-15)18(22)13-4-7-16(8-5-13)27(23,24)20-11-14-3-2-10-25-14/h4-9,14,20H,2-3,10-12H2,1H3. The van der Waals surface area contributed by atoms with Crippen molar-refractivity contribution in [3.63, 3.8) is 0 Å². The van der Waals surface area contributed by atoms with E-state index in [-0.39, 0.29) is 23.5 Å². The van der Waals surface area contributed by atoms with Crippen molar-refractivity contribution in [3.8, 4) is 0 Å². The summed E-state index contributed by atoms with van der Waals surface area (Å²) in [5, 5.41) is 0. The van der Waals surface area contributed by atoms with E-state index in [9.17, 15) is 13.2 Å². The summed E-state index contributed by atoms with van der Waals surface area (Å²) in [4.78, 5) is 15.2. The van der Waals surface area contributed by atoms with Crippen molar-refractivity contribution < 1.29 is 17.9 Å². The van der Waals surface area contributed by atoms with E-state index in [0.717, 1.165) is 17.7 Å². The minimum Gasteiger partial charge on any atom is -0.377 e. The van der Waals surface area contributed by atoms with Crippen molar-refractivity contribution in [1.82, 2.24) is 9.62 Å². The fourth-order valence-corrected chi connectivity index (χ4v) is 5.04. The number of amides is 1. The Morgan fingerprint density at radius 1 is 1.30 bits per heavy atom. The third-order valence-electron chi connectivity index (χ3n) is 4.31. The van der Waals surface area contributed by atoms with E-state index < -0.39 is 10.0 Å². The molecule has 1 unspecified atom stereocenters. The van der Waals surface area contributed by atoms with Gasteiger partial charge in [0.05, 0.1) is 21.9 Å². The zero-order valence-electron chi connectivity index (χ0n) is 14.9. The molecule has 1 amide bonds. The first kappa shape index (κ1) is 20.3. The Kier molecular flexibility index (Phi) is 6.54. The summed E-state index contributed by atoms with van der Waals surface area (Å²) >= 11 is 7.34. The van der Waals surface area contributed by atoms with Gasteiger partial charge < -0.3 is 9.64 Å². The number of hydrogen-bond acceptors (Lipinski definition) is 5. The number of sulfonamides is 1. The quantitative estimate of drug-likeness (QED) is 0.735. The zero-order valence-corrected chi connectivity index (χ0v) is 17.2. The topological polar surface area (TPSA) is 75.7 Å². The molecule has 0 aliphatic carbocycles. The maximum Gasteiger partial charge on any atom is 0.253 e. The normalized spacial score (nSPS) is 17.2. The predicted molar refractivity (Wildman–Crippen MR) is 106 cm³/mol. The predicted octanol–water partition coefficient (Wildman–Crippen LogP) is 3.13. The molecule has 2 heterocycles. The maximum absolute atomic E-state index is 12.5. The number of carbonyl (C=O) groups excluding carboxylic acids is 1. The van der Waals surface area contributed by atoms with Gasteiger partial charge in [0.2, 0.25) is 10.0 Å². The highest BCUT2D eigenvalue weighted by Gasteiger charge is 2.21. The maximum atomic E-state index is 12.5. The summed E-state index contributed by atoms with van der Waals surface area (Å²) in [5.74, 6) is -0.184. The van der Waals surface area contributed by atoms with Gasteiger partial charge in [0, 0.05) is 30.6 Å². The van der Waals surface area contributed by atoms with Gasteiger partial charge in [0.15, 0.2) is 0 Å². The van der Waals surface area contributed by atoms with Crippen molar-refractivity contribution in [3.05, 3.63) is 51.2 Å². The van der Waals surface area contributed by atoms with E-state index in [2.05, 4.69) is 4.72 Å². The summed E-state index contributed by atoms with van der Waals surface area (Å²) in [5.41, 5.74) is 0.429. The average molecular weight is 429 g/mol. The van der Waals surface area contributed by atoms with Crippen LogP contribution in [0, 0.1) is 0 Å². The fourth-order valence-electron chi connectivity index (χ4n) is 2.83. The minimum absolute atomic E-state index is 0.0694. The minimum atomic E-state index is -3.62. The van der Waals surface area contributed by atoms with E-state index in [1.54, 1.807) is 18.0 Å². The molecule has 0 saturated carbocycles. The van der Waals surface area contributed by atoms with Crippen LogP contribution in [-0.4, -0.2) is 45.5 Å². The van der Waals surface area contributed by atoms with Gasteiger partial charge in [-0.05, 0) is 49.2 Å². The molecule has 0 spiro atoms. The second-order valence-electron chi connectivity index (χ2n) is 6.38. The third-order valence-corrected chi connectivity index (χ3v) is 6.96. The molecule has 1 aromatic carbocycles. The van der Waals surface area contributed by atoms with E-state index >= 15 is 0 Å². The lowest BCUT2D eigenvalue weighted by molar-refractivity contribution is 0.0786. The van der Waals surface area contributed by atoms with E-state index in [1.165, 1.54) is 35.6 Å². The molecule has 1 N–H and O–H groups in total. The summed E-state index contributed by atoms with van der Waals surface area (Å²) in [7, 11) is -1.93. The second kappa shape index (κ2) is 8.70. The number of ether oxygens (including phenoxy) is 1. The SMILES string of the molecule is CN(Cc1ccc(Cl)s1)C(=O)c1ccc(S(=O)(=O)NCC2CCCO2)cc1. The first-order valence-corrected chi connectivity index (χ1v) is 11.2. The lowest BCUT2D eigenvalue weighted by atomic mass is 10.2. The van der Waals surface area contributed by atoms with Crippen LogP contribution in [-0.2, 0) is 21.3 Å². The lowest BCUT2D eigenvalue weighted by Crippen LogP contribution is -2.32. The highest BCUT2D eigenvalue weighted by atomic mass is 35.5. The van der Waals surface area contributed by atoms with Crippen LogP contribution in [0.5, 0.6) is 0 Å². The Morgan fingerprint density at radius 2 is 2.04 bits per heavy atom. The molecule has 2 aromatic rings. The molecule has 27 heavy (non-hydrogen) atoms. The average Bonchev–Trinajstić information content (AvgIpc) is 3.31. The summed E-state index contributed by atoms with van der Waals surface area (Å²) < 4.78 is 33.4. The Hall–Kier alpha value is -1.45. The first-order valence-electron chi connectivity index (χ1n) is 8.56. The molecule has 1 fully saturated rings. The number of halogens is 1. The van der Waals surface area contributed by atoms with Crippen molar-refractivity contribution in [2.24, 2.45) is 0 Å². The van der Waals surface area contributed by atoms with Gasteiger partial charge in [-0.2, -0.15) is 0 Å². The van der Waals surface area contributed by atoms with Crippen LogP contribution in [0.3, 0.4) is 0 Å². The van der Waals surface area contributed by atoms with Gasteiger partial charge in [0.1, 0.15) is 0 Å². The molecule has 1 aliphatic rings. The Balaban J connectivity index is 1.62. The van der Waals surface area contributed by atoms with Crippen LogP contribution in [0.2, 0.25) is 4.34 Å². The molecule has 9 heteroatoms. The van der Waals surface area contributed by atoms with E-state index in [1.807, 2.05) is 6.07 Å². The largest absolute Gasteiger partial charge is 0.377 e. The lowest BCUT2D eigenvalue weighted by Gasteiger charge is -2.16. The molecular formula is C18H21ClN2O4S2. The smallest absolute Gasteiger partial charge is 0.253 e. The molecule has 1 aromatic heterocycles. The highest BCUT2D eigenvalue weighted by Crippen LogP contribution is 2.23. The molecule has 1 atom stereocenters. The van der Waals surface area contributed by atoms with E-state index in [4.69, 9.17) is 16.3 Å². The van der Waals surface area contributed by atoms with Gasteiger partial charge in [-0.1, -0.05) is 11.6 Å². The van der Waals surface area contributed by atoms with E-state index in [0.29, 0.717) is 23.1 Å². The van der Waals surface area contributed by atoms with Crippen molar-refractivity contribution in [2.45, 2.75) is 30.4 Å². The number of nitrogens with zero attached hydrogens (tertiary/aromatic N) is 1. The van der Waals surface area contributed by atoms with Crippen molar-refractivity contribution in [1.29, 1.82) is 0 Å². The Morgan fingerprint density at radius 3 is 2.63 bits per heavy atom. The highest BCUT2D eigenvalue weighted by molar-refractivity contribution is 7.89. The van der Waals surface area contributed by atoms with Gasteiger partial charge in [0.25, 0.3) is 5.91 Å². The molecular weight excluding hydrogens is 408 g/mol. The monoisotopic (exact) mass is 428 g/mol. The number of rotatable bonds is 7. The van der Waals surface area contributed by atoms with Crippen molar-refractivity contribution in [2.75, 3.05) is 20.2 Å². The fraction of sp³-hybridized carbons (Fsp3) is 0.389. The molecule has 0 radical (unpaired) electrons. The molecule has 1 aliphatic heterocycles. The van der Waals surface area contributed by atoms with Crippen LogP contribution >= 0.6 is 22.9 Å². The summed E-state index contributed by atoms with van der Waals surface area (Å²) in [6.45, 7) is 1.38. The number of carbonyl (C=O) groups is 1. The van der Waals surface area contributed by atoms with Crippen LogP contribution in [0.15, 0.2) is 41.3 Å².